The zero-order valence-corrected chi connectivity index (χ0v) is 11.8. The minimum absolute atomic E-state index is 0.0268. The fourth-order valence-corrected chi connectivity index (χ4v) is 2.06. The van der Waals surface area contributed by atoms with E-state index in [1.807, 2.05) is 41.2 Å². The molecule has 0 aliphatic rings. The number of rotatable bonds is 6. The van der Waals surface area contributed by atoms with Gasteiger partial charge < -0.3 is 5.32 Å². The number of nitrogens with zero attached hydrogens (tertiary/aromatic N) is 6. The molecule has 8 heteroatoms. The second-order valence-corrected chi connectivity index (χ2v) is 4.73. The summed E-state index contributed by atoms with van der Waals surface area (Å²) in [7, 11) is 0. The van der Waals surface area contributed by atoms with Crippen molar-refractivity contribution in [1.29, 1.82) is 0 Å². The summed E-state index contributed by atoms with van der Waals surface area (Å²) in [5, 5.41) is 18.0. The molecule has 0 fully saturated rings. The molecule has 0 aliphatic carbocycles. The van der Waals surface area contributed by atoms with Gasteiger partial charge in [0.15, 0.2) is 0 Å². The molecule has 1 N–H and O–H groups in total. The monoisotopic (exact) mass is 297 g/mol. The SMILES string of the molecule is O=C(CCCn1cccn1)Nc1cccc(-n2cnnn2)c1. The second kappa shape index (κ2) is 6.61. The van der Waals surface area contributed by atoms with E-state index in [9.17, 15) is 4.79 Å². The maximum Gasteiger partial charge on any atom is 0.224 e. The summed E-state index contributed by atoms with van der Waals surface area (Å²) in [5.41, 5.74) is 1.51. The van der Waals surface area contributed by atoms with Crippen LogP contribution in [-0.2, 0) is 11.3 Å². The van der Waals surface area contributed by atoms with Crippen molar-refractivity contribution in [3.05, 3.63) is 49.1 Å². The predicted molar refractivity (Wildman–Crippen MR) is 79.2 cm³/mol. The lowest BCUT2D eigenvalue weighted by molar-refractivity contribution is -0.116. The molecule has 2 heterocycles. The van der Waals surface area contributed by atoms with Crippen LogP contribution >= 0.6 is 0 Å². The molecule has 3 rings (SSSR count). The van der Waals surface area contributed by atoms with Crippen LogP contribution in [0.25, 0.3) is 5.69 Å². The lowest BCUT2D eigenvalue weighted by Gasteiger charge is -2.07. The highest BCUT2D eigenvalue weighted by atomic mass is 16.1. The Kier molecular flexibility index (Phi) is 4.19. The number of benzene rings is 1. The predicted octanol–water partition coefficient (Wildman–Crippen LogP) is 1.28. The summed E-state index contributed by atoms with van der Waals surface area (Å²) in [6.45, 7) is 0.727. The average Bonchev–Trinajstić information content (AvgIpc) is 3.21. The van der Waals surface area contributed by atoms with Gasteiger partial charge in [-0.2, -0.15) is 5.10 Å². The van der Waals surface area contributed by atoms with Crippen molar-refractivity contribution in [3.8, 4) is 5.69 Å². The van der Waals surface area contributed by atoms with E-state index in [1.165, 1.54) is 11.0 Å². The Hall–Kier alpha value is -3.03. The molecule has 0 aliphatic heterocycles. The second-order valence-electron chi connectivity index (χ2n) is 4.73. The molecule has 0 bridgehead atoms. The van der Waals surface area contributed by atoms with Gasteiger partial charge in [-0.15, -0.1) is 5.10 Å². The maximum atomic E-state index is 12.0. The molecule has 1 aromatic carbocycles. The van der Waals surface area contributed by atoms with Crippen molar-refractivity contribution >= 4 is 11.6 Å². The van der Waals surface area contributed by atoms with E-state index in [4.69, 9.17) is 0 Å². The maximum absolute atomic E-state index is 12.0. The van der Waals surface area contributed by atoms with Gasteiger partial charge >= 0.3 is 0 Å². The third-order valence-corrected chi connectivity index (χ3v) is 3.09. The Morgan fingerprint density at radius 3 is 3.00 bits per heavy atom. The first-order chi connectivity index (χ1) is 10.8. The van der Waals surface area contributed by atoms with Crippen LogP contribution < -0.4 is 5.32 Å². The molecule has 0 atom stereocenters. The van der Waals surface area contributed by atoms with Gasteiger partial charge in [0.05, 0.1) is 5.69 Å². The number of carbonyl (C=O) groups excluding carboxylic acids is 1. The summed E-state index contributed by atoms with van der Waals surface area (Å²) >= 11 is 0. The van der Waals surface area contributed by atoms with E-state index in [-0.39, 0.29) is 5.91 Å². The first-order valence-corrected chi connectivity index (χ1v) is 6.92. The standard InChI is InChI=1S/C14H15N7O/c22-14(6-2-8-20-9-3-7-16-20)17-12-4-1-5-13(10-12)21-11-15-18-19-21/h1,3-5,7,9-11H,2,6,8H2,(H,17,22). The average molecular weight is 297 g/mol. The van der Waals surface area contributed by atoms with Gasteiger partial charge in [-0.25, -0.2) is 4.68 Å². The molecule has 0 saturated carbocycles. The molecule has 1 amide bonds. The Bertz CT molecular complexity index is 722. The van der Waals surface area contributed by atoms with Gasteiger partial charge in [-0.1, -0.05) is 6.07 Å². The fourth-order valence-electron chi connectivity index (χ4n) is 2.06. The van der Waals surface area contributed by atoms with Crippen LogP contribution in [0.1, 0.15) is 12.8 Å². The number of carbonyl (C=O) groups is 1. The van der Waals surface area contributed by atoms with Gasteiger partial charge in [-0.3, -0.25) is 9.48 Å². The molecule has 22 heavy (non-hydrogen) atoms. The number of nitrogens with one attached hydrogen (secondary N) is 1. The largest absolute Gasteiger partial charge is 0.326 e. The van der Waals surface area contributed by atoms with E-state index in [0.29, 0.717) is 6.42 Å². The normalized spacial score (nSPS) is 10.5. The number of hydrogen-bond acceptors (Lipinski definition) is 5. The third-order valence-electron chi connectivity index (χ3n) is 3.09. The van der Waals surface area contributed by atoms with E-state index >= 15 is 0 Å². The minimum Gasteiger partial charge on any atom is -0.326 e. The van der Waals surface area contributed by atoms with Gasteiger partial charge in [0.2, 0.25) is 5.91 Å². The molecular weight excluding hydrogens is 282 g/mol. The van der Waals surface area contributed by atoms with Crippen molar-refractivity contribution in [2.24, 2.45) is 0 Å². The number of aryl methyl sites for hydroxylation is 1. The van der Waals surface area contributed by atoms with Crippen LogP contribution in [0.3, 0.4) is 0 Å². The Balaban J connectivity index is 1.54. The number of anilines is 1. The highest BCUT2D eigenvalue weighted by molar-refractivity contribution is 5.90. The van der Waals surface area contributed by atoms with Gasteiger partial charge in [0.1, 0.15) is 6.33 Å². The first-order valence-electron chi connectivity index (χ1n) is 6.92. The number of hydrogen-bond donors (Lipinski definition) is 1. The Morgan fingerprint density at radius 2 is 2.23 bits per heavy atom. The molecule has 3 aromatic rings. The van der Waals surface area contributed by atoms with Crippen LogP contribution in [0, 0.1) is 0 Å². The zero-order chi connectivity index (χ0) is 15.2. The van der Waals surface area contributed by atoms with Gasteiger partial charge in [-0.05, 0) is 41.1 Å². The number of aromatic nitrogens is 6. The molecule has 0 saturated heterocycles. The summed E-state index contributed by atoms with van der Waals surface area (Å²) in [5.74, 6) is -0.0268. The summed E-state index contributed by atoms with van der Waals surface area (Å²) < 4.78 is 3.35. The molecular formula is C14H15N7O. The molecule has 2 aromatic heterocycles. The van der Waals surface area contributed by atoms with E-state index < -0.39 is 0 Å². The van der Waals surface area contributed by atoms with Crippen LogP contribution in [0.2, 0.25) is 0 Å². The Morgan fingerprint density at radius 1 is 1.27 bits per heavy atom. The lowest BCUT2D eigenvalue weighted by Crippen LogP contribution is -2.12. The minimum atomic E-state index is -0.0268. The van der Waals surface area contributed by atoms with Crippen molar-refractivity contribution in [3.63, 3.8) is 0 Å². The highest BCUT2D eigenvalue weighted by Crippen LogP contribution is 2.13. The molecule has 0 spiro atoms. The molecule has 112 valence electrons. The first kappa shape index (κ1) is 13.9. The summed E-state index contributed by atoms with van der Waals surface area (Å²) in [4.78, 5) is 12.0. The van der Waals surface area contributed by atoms with Crippen molar-refractivity contribution in [2.45, 2.75) is 19.4 Å². The summed E-state index contributed by atoms with van der Waals surface area (Å²) in [6, 6.07) is 9.23. The van der Waals surface area contributed by atoms with E-state index in [0.717, 1.165) is 24.3 Å². The van der Waals surface area contributed by atoms with Crippen LogP contribution in [0.15, 0.2) is 49.1 Å². The van der Waals surface area contributed by atoms with Crippen molar-refractivity contribution < 1.29 is 4.79 Å². The fraction of sp³-hybridized carbons (Fsp3) is 0.214. The van der Waals surface area contributed by atoms with Crippen LogP contribution in [0.5, 0.6) is 0 Å². The van der Waals surface area contributed by atoms with Crippen LogP contribution in [-0.4, -0.2) is 35.9 Å². The van der Waals surface area contributed by atoms with Gasteiger partial charge in [0, 0.05) is 31.0 Å². The lowest BCUT2D eigenvalue weighted by atomic mass is 10.2. The molecule has 0 radical (unpaired) electrons. The Labute approximate surface area is 126 Å². The highest BCUT2D eigenvalue weighted by Gasteiger charge is 2.04. The molecule has 0 unspecified atom stereocenters. The summed E-state index contributed by atoms with van der Waals surface area (Å²) in [6.07, 6.45) is 6.29. The smallest absolute Gasteiger partial charge is 0.224 e. The van der Waals surface area contributed by atoms with Crippen molar-refractivity contribution in [2.75, 3.05) is 5.32 Å². The van der Waals surface area contributed by atoms with E-state index in [1.54, 1.807) is 6.20 Å². The molecule has 8 nitrogen and oxygen atoms in total. The quantitative estimate of drug-likeness (QED) is 0.740. The topological polar surface area (TPSA) is 90.5 Å². The zero-order valence-electron chi connectivity index (χ0n) is 11.8. The van der Waals surface area contributed by atoms with E-state index in [2.05, 4.69) is 25.9 Å². The third kappa shape index (κ3) is 3.54. The number of amides is 1. The van der Waals surface area contributed by atoms with Gasteiger partial charge in [0.25, 0.3) is 0 Å². The van der Waals surface area contributed by atoms with Crippen molar-refractivity contribution in [1.82, 2.24) is 30.0 Å². The van der Waals surface area contributed by atoms with Crippen LogP contribution in [0.4, 0.5) is 5.69 Å². The number of tetrazole rings is 1.